The van der Waals surface area contributed by atoms with Gasteiger partial charge in [-0.3, -0.25) is 0 Å². The Bertz CT molecular complexity index is 8060. The molecule has 5 nitrogen and oxygen atoms in total. The highest BCUT2D eigenvalue weighted by Gasteiger charge is 2.24. The van der Waals surface area contributed by atoms with Gasteiger partial charge in [0.1, 0.15) is 0 Å². The molecule has 2 aliphatic carbocycles. The zero-order valence-electron chi connectivity index (χ0n) is 81.7. The lowest BCUT2D eigenvalue weighted by Gasteiger charge is -2.23. The van der Waals surface area contributed by atoms with Crippen molar-refractivity contribution in [3.05, 3.63) is 434 Å². The third kappa shape index (κ3) is 18.0. The van der Waals surface area contributed by atoms with Gasteiger partial charge >= 0.3 is 0 Å². The van der Waals surface area contributed by atoms with Crippen molar-refractivity contribution in [1.82, 2.24) is 22.8 Å². The summed E-state index contributed by atoms with van der Waals surface area (Å²) in [7, 11) is 0. The highest BCUT2D eigenvalue weighted by atomic mass is 15.0. The van der Waals surface area contributed by atoms with Crippen molar-refractivity contribution in [1.29, 1.82) is 0 Å². The molecular formula is C130H125N5. The molecule has 0 radical (unpaired) electrons. The van der Waals surface area contributed by atoms with Gasteiger partial charge in [0.05, 0.1) is 55.2 Å². The van der Waals surface area contributed by atoms with Gasteiger partial charge in [0.15, 0.2) is 0 Å². The normalized spacial score (nSPS) is 13.1. The van der Waals surface area contributed by atoms with E-state index in [0.29, 0.717) is 0 Å². The zero-order valence-corrected chi connectivity index (χ0v) is 81.7. The molecule has 5 heterocycles. The van der Waals surface area contributed by atoms with Gasteiger partial charge in [-0.05, 0) is 408 Å². The molecular weight excluding hydrogens is 1630 g/mol. The summed E-state index contributed by atoms with van der Waals surface area (Å²) in [4.78, 5) is 0. The minimum atomic E-state index is 0.727. The summed E-state index contributed by atoms with van der Waals surface area (Å²) >= 11 is 0. The fourth-order valence-corrected chi connectivity index (χ4v) is 22.5. The third-order valence-corrected chi connectivity index (χ3v) is 28.5. The summed E-state index contributed by atoms with van der Waals surface area (Å²) in [6, 6.07) is 124. The predicted octanol–water partition coefficient (Wildman–Crippen LogP) is 36.3. The first-order valence-electron chi connectivity index (χ1n) is 49.2. The van der Waals surface area contributed by atoms with Crippen LogP contribution in [0.4, 0.5) is 0 Å². The van der Waals surface area contributed by atoms with Gasteiger partial charge < -0.3 is 22.8 Å². The van der Waals surface area contributed by atoms with Gasteiger partial charge in [0, 0.05) is 82.3 Å². The fourth-order valence-electron chi connectivity index (χ4n) is 22.5. The number of benzene rings is 17. The molecule has 0 unspecified atom stereocenters. The summed E-state index contributed by atoms with van der Waals surface area (Å²) in [5.74, 6) is 1.47. The first-order chi connectivity index (χ1) is 65.4. The minimum absolute atomic E-state index is 0.727. The van der Waals surface area contributed by atoms with Crippen LogP contribution in [0.25, 0.3) is 160 Å². The molecule has 24 rings (SSSR count). The molecule has 2 aliphatic rings. The van der Waals surface area contributed by atoms with E-state index in [4.69, 9.17) is 0 Å². The van der Waals surface area contributed by atoms with Crippen molar-refractivity contribution in [2.24, 2.45) is 0 Å². The molecule has 670 valence electrons. The number of hydrogen-bond acceptors (Lipinski definition) is 0. The van der Waals surface area contributed by atoms with Crippen LogP contribution in [0.1, 0.15) is 176 Å². The topological polar surface area (TPSA) is 24.6 Å². The van der Waals surface area contributed by atoms with Crippen molar-refractivity contribution in [3.8, 4) is 50.7 Å². The van der Waals surface area contributed by atoms with E-state index in [1.807, 2.05) is 0 Å². The van der Waals surface area contributed by atoms with Gasteiger partial charge in [-0.2, -0.15) is 0 Å². The summed E-state index contributed by atoms with van der Waals surface area (Å²) < 4.78 is 12.1. The van der Waals surface area contributed by atoms with Crippen LogP contribution in [0.3, 0.4) is 0 Å². The molecule has 0 atom stereocenters. The Hall–Kier alpha value is -14.3. The van der Waals surface area contributed by atoms with Gasteiger partial charge in [-0.25, -0.2) is 0 Å². The van der Waals surface area contributed by atoms with Gasteiger partial charge in [-0.1, -0.05) is 235 Å². The van der Waals surface area contributed by atoms with Crippen LogP contribution in [0.2, 0.25) is 0 Å². The monoisotopic (exact) mass is 1760 g/mol. The molecule has 22 aromatic rings. The first-order valence-corrected chi connectivity index (χ1v) is 49.2. The Balaban J connectivity index is 0.000000105. The quantitative estimate of drug-likeness (QED) is 0.138. The second-order valence-corrected chi connectivity index (χ2v) is 39.9. The van der Waals surface area contributed by atoms with E-state index in [0.717, 1.165) is 11.8 Å². The van der Waals surface area contributed by atoms with Crippen LogP contribution >= 0.6 is 0 Å². The Labute approximate surface area is 797 Å². The highest BCUT2D eigenvalue weighted by molar-refractivity contribution is 6.14. The zero-order chi connectivity index (χ0) is 93.1. The van der Waals surface area contributed by atoms with Crippen LogP contribution < -0.4 is 0 Å². The number of rotatable bonds is 9. The molecule has 0 amide bonds. The Kier molecular flexibility index (Phi) is 24.5. The van der Waals surface area contributed by atoms with Crippen LogP contribution in [-0.2, 0) is 0 Å². The summed E-state index contributed by atoms with van der Waals surface area (Å²) in [5, 5.41) is 13.4. The van der Waals surface area contributed by atoms with E-state index in [-0.39, 0.29) is 0 Å². The Morgan fingerprint density at radius 2 is 0.378 bits per heavy atom. The SMILES string of the molecule is Cc1cc(-c2ccccc2)cc(-n2c3ccc(C)cc3c3cc(C)ccc32)c1.Cc1cc(C)cc(-n2c3ccc(C)cc3c3cc(-c4ccccc4)ccc32)c1.Cc1cc(C)cc(-n2c3ccc(C)cc3c3cc(C)ccc32)c1.Cc1cc(C)cc(-n2c3ccc(C)cc3c3cc(C4CCCCC4)ccc32)c1.Cc1cc(C2CCCCC2)cc(-n2c3ccc(C)cc3c3cc(C)ccc32)c1. The number of fused-ring (bicyclic) bond motifs is 15. The third-order valence-electron chi connectivity index (χ3n) is 28.5. The molecule has 135 heavy (non-hydrogen) atoms. The summed E-state index contributed by atoms with van der Waals surface area (Å²) in [5.41, 5.74) is 48.1. The van der Waals surface area contributed by atoms with E-state index in [2.05, 4.69) is 467 Å². The maximum Gasteiger partial charge on any atom is 0.0541 e. The predicted molar refractivity (Wildman–Crippen MR) is 582 cm³/mol. The molecule has 0 N–H and O–H groups in total. The van der Waals surface area contributed by atoms with Crippen LogP contribution in [0, 0.1) is 111 Å². The van der Waals surface area contributed by atoms with E-state index in [1.54, 1.807) is 0 Å². The molecule has 2 fully saturated rings. The van der Waals surface area contributed by atoms with Crippen molar-refractivity contribution in [2.45, 2.75) is 187 Å². The molecule has 0 saturated heterocycles. The Morgan fingerprint density at radius 3 is 0.681 bits per heavy atom. The summed E-state index contributed by atoms with van der Waals surface area (Å²) in [6.45, 7) is 34.9. The first kappa shape index (κ1) is 88.7. The van der Waals surface area contributed by atoms with Crippen molar-refractivity contribution in [3.63, 3.8) is 0 Å². The average Bonchev–Trinajstić information content (AvgIpc) is 1.61. The van der Waals surface area contributed by atoms with Crippen molar-refractivity contribution in [2.75, 3.05) is 0 Å². The van der Waals surface area contributed by atoms with Crippen molar-refractivity contribution >= 4 is 109 Å². The molecule has 0 spiro atoms. The highest BCUT2D eigenvalue weighted by Crippen LogP contribution is 2.45. The van der Waals surface area contributed by atoms with Gasteiger partial charge in [0.2, 0.25) is 0 Å². The van der Waals surface area contributed by atoms with E-state index in [1.165, 1.54) is 324 Å². The molecule has 2 saturated carbocycles. The molecule has 17 aromatic carbocycles. The molecule has 0 bridgehead atoms. The maximum absolute atomic E-state index is 2.49. The number of aryl methyl sites for hydroxylation is 16. The van der Waals surface area contributed by atoms with Crippen molar-refractivity contribution < 1.29 is 0 Å². The fraction of sp³-hybridized carbons (Fsp3) is 0.215. The van der Waals surface area contributed by atoms with Crippen LogP contribution in [0.15, 0.2) is 334 Å². The minimum Gasteiger partial charge on any atom is -0.309 e. The van der Waals surface area contributed by atoms with E-state index in [9.17, 15) is 0 Å². The lowest BCUT2D eigenvalue weighted by Crippen LogP contribution is -2.06. The number of aromatic nitrogens is 5. The lowest BCUT2D eigenvalue weighted by atomic mass is 9.83. The summed E-state index contributed by atoms with van der Waals surface area (Å²) in [6.07, 6.45) is 13.7. The van der Waals surface area contributed by atoms with Gasteiger partial charge in [-0.15, -0.1) is 0 Å². The molecule has 0 aliphatic heterocycles. The van der Waals surface area contributed by atoms with Crippen LogP contribution in [0.5, 0.6) is 0 Å². The Morgan fingerprint density at radius 1 is 0.148 bits per heavy atom. The molecule has 5 heteroatoms. The lowest BCUT2D eigenvalue weighted by molar-refractivity contribution is 0.443. The van der Waals surface area contributed by atoms with Gasteiger partial charge in [0.25, 0.3) is 0 Å². The standard InChI is InChI=1S/C27H29N.C27H23N.C27H29N.C27H23N.C22H21N/c2*1-18-9-11-26-24(16-18)25-17-22(21-7-5-4-6-8-21)10-12-27(25)28(26)23-14-19(2)13-20(3)15-23;2*1-18-9-11-26-24(15-18)25-16-19(2)10-12-27(25)28(26)23-14-20(3)13-22(17-23)21-7-5-4-6-8-21;1-14-5-7-21-19(12-14)20-13-15(2)6-8-22(20)23(21)18-10-16(3)9-17(4)11-18/h9-17,21H,4-8H2,1-3H3;4-17H,1-3H3;9-17,21H,4-8H2,1-3H3;4-17H,1-3H3;5-13H,1-4H3. The second-order valence-electron chi connectivity index (χ2n) is 39.9. The number of nitrogens with zero attached hydrogens (tertiary/aromatic N) is 5. The largest absolute Gasteiger partial charge is 0.309 e. The second kappa shape index (κ2) is 37.3. The van der Waals surface area contributed by atoms with Crippen LogP contribution in [-0.4, -0.2) is 22.8 Å². The van der Waals surface area contributed by atoms with E-state index >= 15 is 0 Å². The smallest absolute Gasteiger partial charge is 0.0541 e. The number of hydrogen-bond donors (Lipinski definition) is 0. The maximum atomic E-state index is 2.49. The molecule has 5 aromatic heterocycles. The van der Waals surface area contributed by atoms with E-state index < -0.39 is 0 Å². The average molecular weight is 1760 g/mol.